The van der Waals surface area contributed by atoms with Crippen molar-refractivity contribution in [2.24, 2.45) is 0 Å². The zero-order chi connectivity index (χ0) is 29.0. The second-order valence-corrected chi connectivity index (χ2v) is 9.64. The van der Waals surface area contributed by atoms with Crippen LogP contribution in [0.3, 0.4) is 0 Å². The first-order chi connectivity index (χ1) is 20.1. The van der Waals surface area contributed by atoms with Crippen LogP contribution in [0.2, 0.25) is 0 Å². The first-order valence-corrected chi connectivity index (χ1v) is 14.3. The van der Waals surface area contributed by atoms with Crippen LogP contribution in [0.15, 0.2) is 121 Å². The quantitative estimate of drug-likeness (QED) is 0.195. The zero-order valence-corrected chi connectivity index (χ0v) is 24.9. The molecule has 0 amide bonds. The minimum Gasteiger partial charge on any atom is -0.497 e. The summed E-state index contributed by atoms with van der Waals surface area (Å²) in [6, 6.07) is 25.1. The maximum atomic E-state index is 5.42. The lowest BCUT2D eigenvalue weighted by atomic mass is 9.94. The summed E-state index contributed by atoms with van der Waals surface area (Å²) in [5.41, 5.74) is 9.20. The van der Waals surface area contributed by atoms with Crippen LogP contribution in [0.4, 0.5) is 5.69 Å². The third-order valence-corrected chi connectivity index (χ3v) is 7.21. The Labute approximate surface area is 245 Å². The lowest BCUT2D eigenvalue weighted by molar-refractivity contribution is -0.519. The molecule has 1 N–H and O–H groups in total. The lowest BCUT2D eigenvalue weighted by Gasteiger charge is -2.12. The number of rotatable bonds is 11. The van der Waals surface area contributed by atoms with Gasteiger partial charge in [-0.2, -0.15) is 0 Å². The third kappa shape index (κ3) is 7.55. The number of ether oxygens (including phenoxy) is 2. The Morgan fingerprint density at radius 1 is 0.683 bits per heavy atom. The van der Waals surface area contributed by atoms with Crippen molar-refractivity contribution < 1.29 is 14.0 Å². The highest BCUT2D eigenvalue weighted by molar-refractivity contribution is 6.03. The molecule has 3 aromatic carbocycles. The number of benzene rings is 3. The van der Waals surface area contributed by atoms with E-state index in [2.05, 4.69) is 122 Å². The predicted molar refractivity (Wildman–Crippen MR) is 174 cm³/mol. The molecule has 0 heterocycles. The second kappa shape index (κ2) is 14.7. The minimum atomic E-state index is 0.842. The van der Waals surface area contributed by atoms with Crippen molar-refractivity contribution in [3.05, 3.63) is 138 Å². The summed E-state index contributed by atoms with van der Waals surface area (Å²) in [6.45, 7) is 9.35. The second-order valence-electron chi connectivity index (χ2n) is 9.64. The molecule has 0 atom stereocenters. The van der Waals surface area contributed by atoms with E-state index < -0.39 is 0 Å². The van der Waals surface area contributed by atoms with Crippen LogP contribution in [0.5, 0.6) is 11.5 Å². The van der Waals surface area contributed by atoms with Gasteiger partial charge in [-0.15, -0.1) is 0 Å². The summed E-state index contributed by atoms with van der Waals surface area (Å²) in [7, 11) is 3.39. The van der Waals surface area contributed by atoms with Crippen LogP contribution < -0.4 is 14.8 Å². The molecular formula is C37H41N2O2+. The monoisotopic (exact) mass is 545 g/mol. The molecule has 210 valence electrons. The van der Waals surface area contributed by atoms with E-state index in [1.807, 2.05) is 24.3 Å². The van der Waals surface area contributed by atoms with E-state index in [4.69, 9.17) is 9.47 Å². The number of hydrogen-bond acceptors (Lipinski definition) is 3. The Balaban J connectivity index is 1.78. The summed E-state index contributed by atoms with van der Waals surface area (Å²) < 4.78 is 13.2. The fraction of sp³-hybridized carbons (Fsp3) is 0.216. The van der Waals surface area contributed by atoms with E-state index in [1.165, 1.54) is 5.71 Å². The summed E-state index contributed by atoms with van der Waals surface area (Å²) in [4.78, 5) is 0. The van der Waals surface area contributed by atoms with Gasteiger partial charge < -0.3 is 14.8 Å². The molecule has 0 saturated carbocycles. The fourth-order valence-electron chi connectivity index (χ4n) is 4.91. The minimum absolute atomic E-state index is 0.842. The van der Waals surface area contributed by atoms with Gasteiger partial charge in [0.2, 0.25) is 0 Å². The number of allylic oxidation sites excluding steroid dienone is 9. The molecule has 4 nitrogen and oxygen atoms in total. The Hall–Kier alpha value is -4.57. The first kappa shape index (κ1) is 29.4. The van der Waals surface area contributed by atoms with E-state index in [-0.39, 0.29) is 0 Å². The zero-order valence-electron chi connectivity index (χ0n) is 24.9. The van der Waals surface area contributed by atoms with Gasteiger partial charge in [-0.05, 0) is 103 Å². The van der Waals surface area contributed by atoms with Gasteiger partial charge in [-0.3, -0.25) is 0 Å². The molecule has 0 spiro atoms. The molecular weight excluding hydrogens is 504 g/mol. The number of nitrogens with zero attached hydrogens (tertiary/aromatic N) is 1. The van der Waals surface area contributed by atoms with E-state index >= 15 is 0 Å². The molecule has 0 aliphatic heterocycles. The molecule has 4 heteroatoms. The first-order valence-electron chi connectivity index (χ1n) is 14.3. The van der Waals surface area contributed by atoms with Gasteiger partial charge in [0.1, 0.15) is 24.6 Å². The highest BCUT2D eigenvalue weighted by Crippen LogP contribution is 2.29. The predicted octanol–water partition coefficient (Wildman–Crippen LogP) is 8.20. The average molecular weight is 546 g/mol. The normalized spacial score (nSPS) is 13.0. The molecule has 0 saturated heterocycles. The van der Waals surface area contributed by atoms with Crippen molar-refractivity contribution in [3.8, 4) is 11.5 Å². The van der Waals surface area contributed by atoms with E-state index in [1.54, 1.807) is 14.2 Å². The largest absolute Gasteiger partial charge is 0.497 e. The van der Waals surface area contributed by atoms with Crippen molar-refractivity contribution in [3.63, 3.8) is 0 Å². The van der Waals surface area contributed by atoms with Crippen LogP contribution in [-0.2, 0) is 0 Å². The summed E-state index contributed by atoms with van der Waals surface area (Å²) in [6.07, 6.45) is 15.4. The van der Waals surface area contributed by atoms with Crippen molar-refractivity contribution >= 4 is 22.5 Å². The number of hydrogen-bond donors (Lipinski definition) is 1. The molecule has 0 radical (unpaired) electrons. The number of methoxy groups -OCH3 is 2. The van der Waals surface area contributed by atoms with Gasteiger partial charge >= 0.3 is 0 Å². The van der Waals surface area contributed by atoms with Gasteiger partial charge in [0.05, 0.1) is 14.2 Å². The molecule has 1 aliphatic carbocycles. The van der Waals surface area contributed by atoms with Gasteiger partial charge in [-0.25, -0.2) is 4.58 Å². The molecule has 41 heavy (non-hydrogen) atoms. The maximum absolute atomic E-state index is 5.42. The topological polar surface area (TPSA) is 33.5 Å². The number of anilines is 1. The molecule has 4 rings (SSSR count). The van der Waals surface area contributed by atoms with Gasteiger partial charge in [0.25, 0.3) is 0 Å². The van der Waals surface area contributed by atoms with Crippen LogP contribution in [0.1, 0.15) is 37.5 Å². The molecule has 3 aromatic rings. The summed E-state index contributed by atoms with van der Waals surface area (Å²) >= 11 is 0. The van der Waals surface area contributed by atoms with Gasteiger partial charge in [0, 0.05) is 24.4 Å². The van der Waals surface area contributed by atoms with E-state index in [9.17, 15) is 0 Å². The highest BCUT2D eigenvalue weighted by atomic mass is 16.5. The van der Waals surface area contributed by atoms with Crippen molar-refractivity contribution in [1.29, 1.82) is 0 Å². The molecule has 0 bridgehead atoms. The summed E-state index contributed by atoms with van der Waals surface area (Å²) in [5, 5.41) is 3.38. The van der Waals surface area contributed by atoms with Crippen molar-refractivity contribution in [2.75, 3.05) is 39.2 Å². The van der Waals surface area contributed by atoms with E-state index in [0.717, 1.165) is 70.2 Å². The summed E-state index contributed by atoms with van der Waals surface area (Å²) in [5.74, 6) is 1.69. The Bertz CT molecular complexity index is 1460. The molecule has 0 unspecified atom stereocenters. The van der Waals surface area contributed by atoms with Crippen molar-refractivity contribution in [1.82, 2.24) is 0 Å². The molecule has 0 fully saturated rings. The van der Waals surface area contributed by atoms with Crippen LogP contribution in [-0.4, -0.2) is 44.1 Å². The highest BCUT2D eigenvalue weighted by Gasteiger charge is 2.12. The molecule has 0 aromatic heterocycles. The van der Waals surface area contributed by atoms with Crippen LogP contribution >= 0.6 is 0 Å². The SMILES string of the molecule is CCNc1ccc(C(=CC=CC(=C2C=CC(=[N+](CC)CC)C=C2)c2ccc(OC)cc2)c2ccc(OC)cc2)cc1. The fourth-order valence-corrected chi connectivity index (χ4v) is 4.91. The van der Waals surface area contributed by atoms with Crippen LogP contribution in [0, 0.1) is 0 Å². The smallest absolute Gasteiger partial charge is 0.199 e. The lowest BCUT2D eigenvalue weighted by Crippen LogP contribution is -2.19. The third-order valence-electron chi connectivity index (χ3n) is 7.21. The van der Waals surface area contributed by atoms with E-state index in [0.29, 0.717) is 0 Å². The Morgan fingerprint density at radius 2 is 1.20 bits per heavy atom. The Morgan fingerprint density at radius 3 is 1.68 bits per heavy atom. The Kier molecular flexibility index (Phi) is 10.6. The molecule has 1 aliphatic rings. The maximum Gasteiger partial charge on any atom is 0.199 e. The standard InChI is InChI=1S/C37H40N2O2/c1-6-38-32-20-12-28(13-21-32)36(30-16-24-34(40-4)25-17-30)10-9-11-37(31-18-26-35(41-5)27-19-31)29-14-22-33(23-15-29)39(7-2)8-3/h9-27H,6-8H2,1-5H3/p+1. The van der Waals surface area contributed by atoms with Gasteiger partial charge in [-0.1, -0.05) is 54.6 Å². The number of nitrogens with one attached hydrogen (secondary N) is 1. The van der Waals surface area contributed by atoms with Gasteiger partial charge in [0.15, 0.2) is 5.71 Å². The van der Waals surface area contributed by atoms with Crippen LogP contribution in [0.25, 0.3) is 11.1 Å². The average Bonchev–Trinajstić information content (AvgIpc) is 3.03. The van der Waals surface area contributed by atoms with Crippen molar-refractivity contribution in [2.45, 2.75) is 20.8 Å².